The minimum absolute atomic E-state index is 0.129. The average Bonchev–Trinajstić information content (AvgIpc) is 2.67. The van der Waals surface area contributed by atoms with Crippen molar-refractivity contribution in [3.63, 3.8) is 0 Å². The Morgan fingerprint density at radius 2 is 1.77 bits per heavy atom. The second-order valence-corrected chi connectivity index (χ2v) is 7.07. The molecule has 0 saturated heterocycles. The third-order valence-corrected chi connectivity index (χ3v) is 4.99. The Morgan fingerprint density at radius 3 is 2.42 bits per heavy atom. The molecule has 0 aliphatic rings. The van der Waals surface area contributed by atoms with Crippen molar-refractivity contribution in [3.05, 3.63) is 54.1 Å². The molecule has 0 heterocycles. The number of hydrogen-bond donors (Lipinski definition) is 2. The van der Waals surface area contributed by atoms with Crippen LogP contribution in [0.25, 0.3) is 0 Å². The lowest BCUT2D eigenvalue weighted by Crippen LogP contribution is -2.25. The normalized spacial score (nSPS) is 11.5. The number of anilines is 2. The van der Waals surface area contributed by atoms with Gasteiger partial charge >= 0.3 is 0 Å². The number of thioether (sulfide) groups is 1. The molecule has 2 amide bonds. The van der Waals surface area contributed by atoms with Crippen LogP contribution in [0, 0.1) is 0 Å². The number of carbonyl (C=O) groups excluding carboxylic acids is 2. The van der Waals surface area contributed by atoms with Crippen molar-refractivity contribution >= 4 is 35.0 Å². The zero-order chi connectivity index (χ0) is 18.9. The maximum atomic E-state index is 12.3. The molecule has 0 fully saturated rings. The van der Waals surface area contributed by atoms with Gasteiger partial charge in [-0.2, -0.15) is 0 Å². The van der Waals surface area contributed by atoms with Crippen LogP contribution >= 0.6 is 11.8 Å². The number of rotatable bonds is 8. The maximum absolute atomic E-state index is 12.3. The van der Waals surface area contributed by atoms with Crippen molar-refractivity contribution in [1.29, 1.82) is 0 Å². The van der Waals surface area contributed by atoms with Crippen molar-refractivity contribution in [1.82, 2.24) is 0 Å². The van der Waals surface area contributed by atoms with E-state index in [4.69, 9.17) is 4.74 Å². The van der Waals surface area contributed by atoms with E-state index in [0.717, 1.165) is 12.1 Å². The predicted molar refractivity (Wildman–Crippen MR) is 108 cm³/mol. The molecule has 0 unspecified atom stereocenters. The quantitative estimate of drug-likeness (QED) is 0.736. The Bertz CT molecular complexity index is 747. The lowest BCUT2D eigenvalue weighted by Gasteiger charge is -2.14. The summed E-state index contributed by atoms with van der Waals surface area (Å²) < 4.78 is 5.22. The summed E-state index contributed by atoms with van der Waals surface area (Å²) in [4.78, 5) is 24.4. The Kier molecular flexibility index (Phi) is 7.53. The number of aryl methyl sites for hydroxylation is 1. The molecule has 2 N–H and O–H groups in total. The van der Waals surface area contributed by atoms with Crippen LogP contribution in [0.2, 0.25) is 0 Å². The van der Waals surface area contributed by atoms with E-state index in [9.17, 15) is 9.59 Å². The maximum Gasteiger partial charge on any atom is 0.237 e. The number of amides is 2. The molecule has 6 heteroatoms. The number of para-hydroxylation sites is 2. The summed E-state index contributed by atoms with van der Waals surface area (Å²) in [7, 11) is 1.56. The van der Waals surface area contributed by atoms with Crippen molar-refractivity contribution in [2.24, 2.45) is 0 Å². The second kappa shape index (κ2) is 9.87. The van der Waals surface area contributed by atoms with Crippen LogP contribution in [0.1, 0.15) is 19.4 Å². The van der Waals surface area contributed by atoms with Crippen LogP contribution in [-0.2, 0) is 16.0 Å². The van der Waals surface area contributed by atoms with Gasteiger partial charge < -0.3 is 15.4 Å². The van der Waals surface area contributed by atoms with Crippen molar-refractivity contribution in [3.8, 4) is 5.75 Å². The molecule has 0 saturated carbocycles. The molecule has 1 atom stereocenters. The molecular weight excluding hydrogens is 348 g/mol. The van der Waals surface area contributed by atoms with Gasteiger partial charge in [0.25, 0.3) is 0 Å². The highest BCUT2D eigenvalue weighted by Gasteiger charge is 2.17. The molecule has 2 aromatic rings. The number of carbonyl (C=O) groups is 2. The summed E-state index contributed by atoms with van der Waals surface area (Å²) in [5.41, 5.74) is 2.60. The first-order chi connectivity index (χ1) is 12.5. The summed E-state index contributed by atoms with van der Waals surface area (Å²) in [5, 5.41) is 5.31. The standard InChI is InChI=1S/C20H24N2O3S/c1-4-15-9-11-16(12-10-15)21-19(23)13-26-14(2)20(24)22-17-7-5-6-8-18(17)25-3/h5-12,14H,4,13H2,1-3H3,(H,21,23)(H,22,24)/t14-/m1/s1. The van der Waals surface area contributed by atoms with Gasteiger partial charge in [-0.25, -0.2) is 0 Å². The molecule has 0 spiro atoms. The summed E-state index contributed by atoms with van der Waals surface area (Å²) >= 11 is 1.29. The Labute approximate surface area is 158 Å². The minimum atomic E-state index is -0.367. The van der Waals surface area contributed by atoms with E-state index in [2.05, 4.69) is 17.6 Å². The number of hydrogen-bond acceptors (Lipinski definition) is 4. The fourth-order valence-corrected chi connectivity index (χ4v) is 2.96. The van der Waals surface area contributed by atoms with Gasteiger partial charge in [0, 0.05) is 5.69 Å². The second-order valence-electron chi connectivity index (χ2n) is 5.74. The summed E-state index contributed by atoms with van der Waals surface area (Å²) in [6, 6.07) is 15.0. The van der Waals surface area contributed by atoms with Gasteiger partial charge in [0.1, 0.15) is 5.75 Å². The molecule has 0 aliphatic heterocycles. The van der Waals surface area contributed by atoms with E-state index in [-0.39, 0.29) is 22.8 Å². The van der Waals surface area contributed by atoms with Crippen molar-refractivity contribution in [2.75, 3.05) is 23.5 Å². The largest absolute Gasteiger partial charge is 0.495 e. The first kappa shape index (κ1) is 19.8. The number of methoxy groups -OCH3 is 1. The van der Waals surface area contributed by atoms with Gasteiger partial charge in [-0.1, -0.05) is 31.2 Å². The molecule has 0 bridgehead atoms. The topological polar surface area (TPSA) is 67.4 Å². The van der Waals surface area contributed by atoms with Gasteiger partial charge in [-0.15, -0.1) is 11.8 Å². The fraction of sp³-hybridized carbons (Fsp3) is 0.300. The summed E-state index contributed by atoms with van der Waals surface area (Å²) in [6.45, 7) is 3.86. The van der Waals surface area contributed by atoms with Crippen LogP contribution < -0.4 is 15.4 Å². The van der Waals surface area contributed by atoms with E-state index >= 15 is 0 Å². The average molecular weight is 372 g/mol. The van der Waals surface area contributed by atoms with Gasteiger partial charge in [0.05, 0.1) is 23.8 Å². The fourth-order valence-electron chi connectivity index (χ4n) is 2.28. The van der Waals surface area contributed by atoms with E-state index < -0.39 is 0 Å². The van der Waals surface area contributed by atoms with Crippen LogP contribution in [0.5, 0.6) is 5.75 Å². The Hall–Kier alpha value is -2.47. The first-order valence-electron chi connectivity index (χ1n) is 8.47. The van der Waals surface area contributed by atoms with E-state index in [1.54, 1.807) is 26.2 Å². The molecule has 2 aromatic carbocycles. The van der Waals surface area contributed by atoms with E-state index in [1.165, 1.54) is 17.3 Å². The van der Waals surface area contributed by atoms with Gasteiger partial charge in [-0.05, 0) is 43.2 Å². The summed E-state index contributed by atoms with van der Waals surface area (Å²) in [5.74, 6) is 0.512. The van der Waals surface area contributed by atoms with Crippen LogP contribution in [0.4, 0.5) is 11.4 Å². The third-order valence-electron chi connectivity index (χ3n) is 3.84. The van der Waals surface area contributed by atoms with Crippen LogP contribution in [-0.4, -0.2) is 29.9 Å². The molecule has 2 rings (SSSR count). The van der Waals surface area contributed by atoms with Crippen LogP contribution in [0.15, 0.2) is 48.5 Å². The highest BCUT2D eigenvalue weighted by Crippen LogP contribution is 2.24. The highest BCUT2D eigenvalue weighted by molar-refractivity contribution is 8.01. The molecule has 26 heavy (non-hydrogen) atoms. The lowest BCUT2D eigenvalue weighted by molar-refractivity contribution is -0.115. The van der Waals surface area contributed by atoms with E-state index in [1.807, 2.05) is 36.4 Å². The van der Waals surface area contributed by atoms with E-state index in [0.29, 0.717) is 11.4 Å². The van der Waals surface area contributed by atoms with Crippen molar-refractivity contribution < 1.29 is 14.3 Å². The Morgan fingerprint density at radius 1 is 1.08 bits per heavy atom. The van der Waals surface area contributed by atoms with Gasteiger partial charge in [0.2, 0.25) is 11.8 Å². The van der Waals surface area contributed by atoms with Gasteiger partial charge in [0.15, 0.2) is 0 Å². The third kappa shape index (κ3) is 5.81. The zero-order valence-corrected chi connectivity index (χ0v) is 16.1. The molecular formula is C20H24N2O3S. The number of benzene rings is 2. The molecule has 5 nitrogen and oxygen atoms in total. The lowest BCUT2D eigenvalue weighted by atomic mass is 10.1. The zero-order valence-electron chi connectivity index (χ0n) is 15.2. The monoisotopic (exact) mass is 372 g/mol. The SMILES string of the molecule is CCc1ccc(NC(=O)CS[C@H](C)C(=O)Nc2ccccc2OC)cc1. The van der Waals surface area contributed by atoms with Crippen LogP contribution in [0.3, 0.4) is 0 Å². The molecule has 0 radical (unpaired) electrons. The smallest absolute Gasteiger partial charge is 0.237 e. The van der Waals surface area contributed by atoms with Crippen molar-refractivity contribution in [2.45, 2.75) is 25.5 Å². The number of nitrogens with one attached hydrogen (secondary N) is 2. The first-order valence-corrected chi connectivity index (χ1v) is 9.52. The minimum Gasteiger partial charge on any atom is -0.495 e. The Balaban J connectivity index is 1.81. The highest BCUT2D eigenvalue weighted by atomic mass is 32.2. The number of ether oxygens (including phenoxy) is 1. The molecule has 0 aromatic heterocycles. The molecule has 0 aliphatic carbocycles. The van der Waals surface area contributed by atoms with Gasteiger partial charge in [-0.3, -0.25) is 9.59 Å². The summed E-state index contributed by atoms with van der Waals surface area (Å²) in [6.07, 6.45) is 0.961. The predicted octanol–water partition coefficient (Wildman–Crippen LogP) is 3.96. The molecule has 138 valence electrons.